The molecule has 1 heterocycles. The minimum Gasteiger partial charge on any atom is -0.338 e. The highest BCUT2D eigenvalue weighted by Gasteiger charge is 2.29. The molecule has 0 spiro atoms. The highest BCUT2D eigenvalue weighted by Crippen LogP contribution is 2.31. The maximum Gasteiger partial charge on any atom is 0.237 e. The largest absolute Gasteiger partial charge is 0.338 e. The first-order valence-electron chi connectivity index (χ1n) is 6.37. The summed E-state index contributed by atoms with van der Waals surface area (Å²) < 4.78 is 5.24. The Morgan fingerprint density at radius 3 is 2.89 bits per heavy atom. The molecule has 4 nitrogen and oxygen atoms in total. The third kappa shape index (κ3) is 2.40. The molecule has 19 heavy (non-hydrogen) atoms. The van der Waals surface area contributed by atoms with Crippen molar-refractivity contribution in [3.05, 3.63) is 35.2 Å². The van der Waals surface area contributed by atoms with Crippen LogP contribution >= 0.6 is 11.6 Å². The number of rotatable bonds is 2. The van der Waals surface area contributed by atoms with Gasteiger partial charge in [-0.25, -0.2) is 0 Å². The molecule has 2 aromatic rings. The molecule has 1 saturated carbocycles. The van der Waals surface area contributed by atoms with Crippen LogP contribution in [0.25, 0.3) is 11.4 Å². The van der Waals surface area contributed by atoms with Crippen molar-refractivity contribution in [3.63, 3.8) is 0 Å². The van der Waals surface area contributed by atoms with Crippen LogP contribution in [-0.2, 0) is 4.79 Å². The lowest BCUT2D eigenvalue weighted by molar-refractivity contribution is -0.122. The molecule has 5 heteroatoms. The van der Waals surface area contributed by atoms with Crippen molar-refractivity contribution in [2.24, 2.45) is 0 Å². The van der Waals surface area contributed by atoms with E-state index in [-0.39, 0.29) is 11.7 Å². The standard InChI is InChI=1S/C14H13ClN2O2/c15-11-7-3-1-5-9(11)13-16-14(19-17-13)10-6-2-4-8-12(10)18/h1,3,5,7,10H,2,4,6,8H2. The summed E-state index contributed by atoms with van der Waals surface area (Å²) in [6.07, 6.45) is 3.39. The molecule has 1 fully saturated rings. The van der Waals surface area contributed by atoms with Gasteiger partial charge in [0.25, 0.3) is 0 Å². The number of hydrogen-bond acceptors (Lipinski definition) is 4. The summed E-state index contributed by atoms with van der Waals surface area (Å²) in [4.78, 5) is 16.2. The number of Topliss-reactive ketones (excluding diaryl/α,β-unsaturated/α-hetero) is 1. The van der Waals surface area contributed by atoms with Gasteiger partial charge in [-0.15, -0.1) is 0 Å². The van der Waals surface area contributed by atoms with E-state index >= 15 is 0 Å². The van der Waals surface area contributed by atoms with Gasteiger partial charge in [-0.3, -0.25) is 4.79 Å². The molecule has 0 aliphatic heterocycles. The normalized spacial score (nSPS) is 19.6. The van der Waals surface area contributed by atoms with Gasteiger partial charge in [-0.05, 0) is 25.0 Å². The number of nitrogens with zero attached hydrogens (tertiary/aromatic N) is 2. The van der Waals surface area contributed by atoms with Crippen LogP contribution in [0.4, 0.5) is 0 Å². The second kappa shape index (κ2) is 5.13. The predicted octanol–water partition coefficient (Wildman–Crippen LogP) is 3.62. The zero-order chi connectivity index (χ0) is 13.2. The fourth-order valence-electron chi connectivity index (χ4n) is 2.37. The lowest BCUT2D eigenvalue weighted by atomic mass is 9.88. The third-order valence-corrected chi connectivity index (χ3v) is 3.74. The number of carbonyl (C=O) groups is 1. The molecule has 1 atom stereocenters. The molecule has 98 valence electrons. The summed E-state index contributed by atoms with van der Waals surface area (Å²) in [6.45, 7) is 0. The van der Waals surface area contributed by atoms with Crippen LogP contribution in [-0.4, -0.2) is 15.9 Å². The van der Waals surface area contributed by atoms with E-state index in [9.17, 15) is 4.79 Å². The Balaban J connectivity index is 1.91. The smallest absolute Gasteiger partial charge is 0.237 e. The molecule has 3 rings (SSSR count). The highest BCUT2D eigenvalue weighted by atomic mass is 35.5. The second-order valence-corrected chi connectivity index (χ2v) is 5.11. The highest BCUT2D eigenvalue weighted by molar-refractivity contribution is 6.33. The Labute approximate surface area is 115 Å². The minimum absolute atomic E-state index is 0.195. The average Bonchev–Trinajstić information content (AvgIpc) is 2.89. The molecule has 1 aromatic heterocycles. The molecule has 0 saturated heterocycles. The van der Waals surface area contributed by atoms with Gasteiger partial charge in [-0.1, -0.05) is 35.3 Å². The van der Waals surface area contributed by atoms with Crippen molar-refractivity contribution in [1.29, 1.82) is 0 Å². The lowest BCUT2D eigenvalue weighted by Gasteiger charge is -2.16. The van der Waals surface area contributed by atoms with Crippen LogP contribution in [0.3, 0.4) is 0 Å². The Kier molecular flexibility index (Phi) is 3.34. The van der Waals surface area contributed by atoms with Gasteiger partial charge >= 0.3 is 0 Å². The van der Waals surface area contributed by atoms with Crippen molar-refractivity contribution < 1.29 is 9.32 Å². The van der Waals surface area contributed by atoms with Crippen LogP contribution in [0.1, 0.15) is 37.5 Å². The molecule has 0 amide bonds. The summed E-state index contributed by atoms with van der Waals surface area (Å²) in [5.74, 6) is 0.816. The van der Waals surface area contributed by atoms with Gasteiger partial charge in [0, 0.05) is 12.0 Å². The third-order valence-electron chi connectivity index (χ3n) is 3.41. The van der Waals surface area contributed by atoms with Crippen molar-refractivity contribution in [2.75, 3.05) is 0 Å². The van der Waals surface area contributed by atoms with Gasteiger partial charge in [0.2, 0.25) is 11.7 Å². The first-order valence-corrected chi connectivity index (χ1v) is 6.75. The zero-order valence-corrected chi connectivity index (χ0v) is 11.1. The molecule has 1 aliphatic carbocycles. The molecule has 1 aliphatic rings. The van der Waals surface area contributed by atoms with E-state index in [1.807, 2.05) is 18.2 Å². The maximum absolute atomic E-state index is 11.9. The summed E-state index contributed by atoms with van der Waals surface area (Å²) >= 11 is 6.09. The lowest BCUT2D eigenvalue weighted by Crippen LogP contribution is -2.17. The molecule has 1 aromatic carbocycles. The number of hydrogen-bond donors (Lipinski definition) is 0. The van der Waals surface area contributed by atoms with Gasteiger partial charge in [-0.2, -0.15) is 4.98 Å². The predicted molar refractivity (Wildman–Crippen MR) is 71.0 cm³/mol. The summed E-state index contributed by atoms with van der Waals surface area (Å²) in [5.41, 5.74) is 0.724. The Morgan fingerprint density at radius 2 is 2.11 bits per heavy atom. The van der Waals surface area contributed by atoms with Crippen molar-refractivity contribution in [2.45, 2.75) is 31.6 Å². The summed E-state index contributed by atoms with van der Waals surface area (Å²) in [5, 5.41) is 4.51. The van der Waals surface area contributed by atoms with Crippen LogP contribution in [0.15, 0.2) is 28.8 Å². The molecule has 0 radical (unpaired) electrons. The van der Waals surface area contributed by atoms with Crippen LogP contribution in [0.2, 0.25) is 5.02 Å². The monoisotopic (exact) mass is 276 g/mol. The molecular formula is C14H13ClN2O2. The quantitative estimate of drug-likeness (QED) is 0.841. The van der Waals surface area contributed by atoms with Gasteiger partial charge in [0.05, 0.1) is 10.9 Å². The molecular weight excluding hydrogens is 264 g/mol. The van der Waals surface area contributed by atoms with E-state index in [0.29, 0.717) is 23.2 Å². The SMILES string of the molecule is O=C1CCCCC1c1nc(-c2ccccc2Cl)no1. The van der Waals surface area contributed by atoms with E-state index in [1.165, 1.54) is 0 Å². The Bertz CT molecular complexity index is 609. The second-order valence-electron chi connectivity index (χ2n) is 4.70. The van der Waals surface area contributed by atoms with Crippen LogP contribution < -0.4 is 0 Å². The zero-order valence-electron chi connectivity index (χ0n) is 10.3. The minimum atomic E-state index is -0.238. The Morgan fingerprint density at radius 1 is 1.26 bits per heavy atom. The fraction of sp³-hybridized carbons (Fsp3) is 0.357. The molecule has 1 unspecified atom stereocenters. The number of halogens is 1. The van der Waals surface area contributed by atoms with E-state index in [2.05, 4.69) is 10.1 Å². The van der Waals surface area contributed by atoms with E-state index in [0.717, 1.165) is 24.8 Å². The molecule has 0 bridgehead atoms. The maximum atomic E-state index is 11.9. The summed E-state index contributed by atoms with van der Waals surface area (Å²) in [7, 11) is 0. The number of benzene rings is 1. The first kappa shape index (κ1) is 12.4. The van der Waals surface area contributed by atoms with Gasteiger partial charge in [0.1, 0.15) is 5.78 Å². The number of aromatic nitrogens is 2. The van der Waals surface area contributed by atoms with Crippen molar-refractivity contribution in [1.82, 2.24) is 10.1 Å². The van der Waals surface area contributed by atoms with Crippen molar-refractivity contribution in [3.8, 4) is 11.4 Å². The van der Waals surface area contributed by atoms with Crippen LogP contribution in [0, 0.1) is 0 Å². The first-order chi connectivity index (χ1) is 9.25. The van der Waals surface area contributed by atoms with Crippen molar-refractivity contribution >= 4 is 17.4 Å². The van der Waals surface area contributed by atoms with Crippen LogP contribution in [0.5, 0.6) is 0 Å². The van der Waals surface area contributed by atoms with E-state index < -0.39 is 0 Å². The number of carbonyl (C=O) groups excluding carboxylic acids is 1. The van der Waals surface area contributed by atoms with E-state index in [1.54, 1.807) is 6.07 Å². The van der Waals surface area contributed by atoms with Gasteiger partial charge < -0.3 is 4.52 Å². The molecule has 0 N–H and O–H groups in total. The van der Waals surface area contributed by atoms with Gasteiger partial charge in [0.15, 0.2) is 0 Å². The number of ketones is 1. The fourth-order valence-corrected chi connectivity index (χ4v) is 2.59. The summed E-state index contributed by atoms with van der Waals surface area (Å²) in [6, 6.07) is 7.32. The Hall–Kier alpha value is -1.68. The van der Waals surface area contributed by atoms with E-state index in [4.69, 9.17) is 16.1 Å². The average molecular weight is 277 g/mol. The topological polar surface area (TPSA) is 56.0 Å².